The molecule has 7 heteroatoms. The molecular formula is C21H19N5OS. The molecular weight excluding hydrogens is 370 g/mol. The van der Waals surface area contributed by atoms with Crippen molar-refractivity contribution in [3.63, 3.8) is 0 Å². The Morgan fingerprint density at radius 3 is 2.82 bits per heavy atom. The van der Waals surface area contributed by atoms with E-state index in [1.807, 2.05) is 36.0 Å². The summed E-state index contributed by atoms with van der Waals surface area (Å²) < 4.78 is 1.90. The van der Waals surface area contributed by atoms with E-state index >= 15 is 0 Å². The van der Waals surface area contributed by atoms with E-state index in [1.54, 1.807) is 18.7 Å². The number of aryl methyl sites for hydroxylation is 1. The smallest absolute Gasteiger partial charge is 0.178 e. The van der Waals surface area contributed by atoms with E-state index in [0.29, 0.717) is 10.6 Å². The molecule has 140 valence electrons. The summed E-state index contributed by atoms with van der Waals surface area (Å²) in [6, 6.07) is 5.85. The predicted molar refractivity (Wildman–Crippen MR) is 111 cm³/mol. The number of anilines is 1. The Balaban J connectivity index is 1.76. The second kappa shape index (κ2) is 6.53. The van der Waals surface area contributed by atoms with Crippen molar-refractivity contribution in [2.45, 2.75) is 19.3 Å². The summed E-state index contributed by atoms with van der Waals surface area (Å²) in [6.45, 7) is 0. The van der Waals surface area contributed by atoms with Crippen LogP contribution in [0.3, 0.4) is 0 Å². The van der Waals surface area contributed by atoms with Crippen molar-refractivity contribution in [2.24, 2.45) is 13.0 Å². The van der Waals surface area contributed by atoms with Gasteiger partial charge in [-0.05, 0) is 31.0 Å². The van der Waals surface area contributed by atoms with Gasteiger partial charge in [-0.3, -0.25) is 9.78 Å². The quantitative estimate of drug-likeness (QED) is 0.525. The fourth-order valence-corrected chi connectivity index (χ4v) is 4.71. The Bertz CT molecular complexity index is 1190. The number of rotatable bonds is 4. The first-order chi connectivity index (χ1) is 13.6. The van der Waals surface area contributed by atoms with Crippen LogP contribution in [0.5, 0.6) is 0 Å². The highest BCUT2D eigenvalue weighted by molar-refractivity contribution is 7.21. The average molecular weight is 389 g/mol. The van der Waals surface area contributed by atoms with Crippen molar-refractivity contribution in [2.75, 3.05) is 5.73 Å². The highest BCUT2D eigenvalue weighted by Crippen LogP contribution is 2.43. The van der Waals surface area contributed by atoms with E-state index in [-0.39, 0.29) is 11.7 Å². The Morgan fingerprint density at radius 2 is 2.18 bits per heavy atom. The average Bonchev–Trinajstić information content (AvgIpc) is 3.24. The number of nitrogens with zero attached hydrogens (tertiary/aromatic N) is 4. The third kappa shape index (κ3) is 2.70. The fraction of sp³-hybridized carbons (Fsp3) is 0.238. The molecule has 28 heavy (non-hydrogen) atoms. The van der Waals surface area contributed by atoms with Gasteiger partial charge in [-0.2, -0.15) is 0 Å². The lowest BCUT2D eigenvalue weighted by molar-refractivity contribution is 0.0860. The van der Waals surface area contributed by atoms with Crippen molar-refractivity contribution in [3.8, 4) is 22.5 Å². The zero-order valence-corrected chi connectivity index (χ0v) is 16.2. The lowest BCUT2D eigenvalue weighted by atomic mass is 9.81. The number of ketones is 1. The van der Waals surface area contributed by atoms with Crippen LogP contribution in [0.1, 0.15) is 28.9 Å². The molecule has 4 aromatic heterocycles. The maximum absolute atomic E-state index is 12.9. The molecule has 1 saturated carbocycles. The summed E-state index contributed by atoms with van der Waals surface area (Å²) in [5, 5.41) is 0.819. The van der Waals surface area contributed by atoms with E-state index in [1.165, 1.54) is 11.3 Å². The minimum absolute atomic E-state index is 0.103. The summed E-state index contributed by atoms with van der Waals surface area (Å²) in [5.74, 6) is 0.258. The van der Waals surface area contributed by atoms with Crippen LogP contribution < -0.4 is 5.73 Å². The SMILES string of the molecule is Cn1cnc(-c2cc(-c3cccnc3)nc3sc(C(=O)C4CCC4)c(N)c23)c1. The highest BCUT2D eigenvalue weighted by Gasteiger charge is 2.30. The van der Waals surface area contributed by atoms with E-state index in [0.717, 1.165) is 52.0 Å². The highest BCUT2D eigenvalue weighted by atomic mass is 32.1. The maximum Gasteiger partial charge on any atom is 0.178 e. The first-order valence-electron chi connectivity index (χ1n) is 9.28. The number of hydrogen-bond acceptors (Lipinski definition) is 6. The van der Waals surface area contributed by atoms with Gasteiger partial charge < -0.3 is 10.3 Å². The largest absolute Gasteiger partial charge is 0.397 e. The second-order valence-corrected chi connectivity index (χ2v) is 8.24. The Kier molecular flexibility index (Phi) is 3.98. The van der Waals surface area contributed by atoms with Gasteiger partial charge in [-0.1, -0.05) is 6.42 Å². The Labute approximate surface area is 166 Å². The zero-order valence-electron chi connectivity index (χ0n) is 15.4. The van der Waals surface area contributed by atoms with Gasteiger partial charge in [0, 0.05) is 48.1 Å². The van der Waals surface area contributed by atoms with Crippen molar-refractivity contribution < 1.29 is 4.79 Å². The van der Waals surface area contributed by atoms with Crippen LogP contribution in [0.2, 0.25) is 0 Å². The molecule has 1 aliphatic rings. The number of hydrogen-bond donors (Lipinski definition) is 1. The van der Waals surface area contributed by atoms with Crippen molar-refractivity contribution in [1.82, 2.24) is 19.5 Å². The number of carbonyl (C=O) groups is 1. The molecule has 1 aliphatic carbocycles. The molecule has 0 saturated heterocycles. The summed E-state index contributed by atoms with van der Waals surface area (Å²) in [4.78, 5) is 27.8. The molecule has 4 heterocycles. The van der Waals surface area contributed by atoms with Crippen LogP contribution >= 0.6 is 11.3 Å². The molecule has 6 nitrogen and oxygen atoms in total. The van der Waals surface area contributed by atoms with Gasteiger partial charge in [0.2, 0.25) is 0 Å². The molecule has 2 N–H and O–H groups in total. The molecule has 0 spiro atoms. The first kappa shape index (κ1) is 17.1. The summed E-state index contributed by atoms with van der Waals surface area (Å²) >= 11 is 1.39. The van der Waals surface area contributed by atoms with Gasteiger partial charge >= 0.3 is 0 Å². The number of nitrogens with two attached hydrogens (primary N) is 1. The summed E-state index contributed by atoms with van der Waals surface area (Å²) in [6.07, 6.45) is 10.3. The number of aromatic nitrogens is 4. The van der Waals surface area contributed by atoms with Crippen LogP contribution in [0.15, 0.2) is 43.1 Å². The number of imidazole rings is 1. The van der Waals surface area contributed by atoms with Crippen LogP contribution in [0, 0.1) is 5.92 Å². The van der Waals surface area contributed by atoms with Crippen LogP contribution in [-0.2, 0) is 7.05 Å². The maximum atomic E-state index is 12.9. The van der Waals surface area contributed by atoms with Gasteiger partial charge in [-0.25, -0.2) is 9.97 Å². The predicted octanol–water partition coefficient (Wildman–Crippen LogP) is 4.32. The van der Waals surface area contributed by atoms with Crippen molar-refractivity contribution >= 4 is 33.0 Å². The number of carbonyl (C=O) groups excluding carboxylic acids is 1. The molecule has 0 radical (unpaired) electrons. The Hall–Kier alpha value is -3.06. The van der Waals surface area contributed by atoms with Crippen LogP contribution in [-0.4, -0.2) is 25.3 Å². The molecule has 4 aromatic rings. The number of Topliss-reactive ketones (excluding diaryl/α,β-unsaturated/α-hetero) is 1. The molecule has 5 rings (SSSR count). The first-order valence-corrected chi connectivity index (χ1v) is 10.1. The van der Waals surface area contributed by atoms with Crippen molar-refractivity contribution in [3.05, 3.63) is 48.0 Å². The molecule has 0 bridgehead atoms. The van der Waals surface area contributed by atoms with Crippen LogP contribution in [0.4, 0.5) is 5.69 Å². The normalized spacial score (nSPS) is 14.3. The zero-order chi connectivity index (χ0) is 19.3. The van der Waals surface area contributed by atoms with Gasteiger partial charge in [0.25, 0.3) is 0 Å². The molecule has 0 unspecified atom stereocenters. The van der Waals surface area contributed by atoms with E-state index < -0.39 is 0 Å². The van der Waals surface area contributed by atoms with Gasteiger partial charge in [-0.15, -0.1) is 11.3 Å². The Morgan fingerprint density at radius 1 is 1.32 bits per heavy atom. The number of nitrogen functional groups attached to an aromatic ring is 1. The van der Waals surface area contributed by atoms with Crippen LogP contribution in [0.25, 0.3) is 32.7 Å². The van der Waals surface area contributed by atoms with E-state index in [4.69, 9.17) is 10.7 Å². The standard InChI is InChI=1S/C21H19N5OS/c1-26-10-16(24-11-26)14-8-15(13-6-3-7-23-9-13)25-21-17(14)18(22)20(28-21)19(27)12-4-2-5-12/h3,6-12H,2,4-5,22H2,1H3. The summed E-state index contributed by atoms with van der Waals surface area (Å²) in [5.41, 5.74) is 10.4. The third-order valence-electron chi connectivity index (χ3n) is 5.34. The second-order valence-electron chi connectivity index (χ2n) is 7.24. The molecule has 0 atom stereocenters. The number of pyridine rings is 2. The third-order valence-corrected chi connectivity index (χ3v) is 6.45. The number of thiophene rings is 1. The summed E-state index contributed by atoms with van der Waals surface area (Å²) in [7, 11) is 1.93. The minimum Gasteiger partial charge on any atom is -0.397 e. The van der Waals surface area contributed by atoms with Gasteiger partial charge in [0.1, 0.15) is 4.83 Å². The van der Waals surface area contributed by atoms with Gasteiger partial charge in [0.15, 0.2) is 5.78 Å². The topological polar surface area (TPSA) is 86.7 Å². The molecule has 0 aliphatic heterocycles. The monoisotopic (exact) mass is 389 g/mol. The van der Waals surface area contributed by atoms with E-state index in [9.17, 15) is 4.79 Å². The minimum atomic E-state index is 0.103. The lowest BCUT2D eigenvalue weighted by Crippen LogP contribution is -2.21. The fourth-order valence-electron chi connectivity index (χ4n) is 3.58. The van der Waals surface area contributed by atoms with Crippen molar-refractivity contribution in [1.29, 1.82) is 0 Å². The molecule has 0 amide bonds. The molecule has 1 fully saturated rings. The molecule has 0 aromatic carbocycles. The van der Waals surface area contributed by atoms with E-state index in [2.05, 4.69) is 9.97 Å². The lowest BCUT2D eigenvalue weighted by Gasteiger charge is -2.23. The van der Waals surface area contributed by atoms with Gasteiger partial charge in [0.05, 0.1) is 28.3 Å². The number of fused-ring (bicyclic) bond motifs is 1.